The number of fused-ring (bicyclic) bond motifs is 4. The van der Waals surface area contributed by atoms with E-state index in [9.17, 15) is 0 Å². The SMILES string of the molecule is c1cc2c(cc1-c1cncc3c1cnn3C1CCCCO1)Oc1cc(-c3cncc4c3cnn4C3CCCCO3)ccc1N2CCN1CC2(COC2)C1. The summed E-state index contributed by atoms with van der Waals surface area (Å²) in [6, 6.07) is 13.1. The molecule has 0 radical (unpaired) electrons. The highest BCUT2D eigenvalue weighted by Gasteiger charge is 2.48. The zero-order valence-corrected chi connectivity index (χ0v) is 29.7. The second-order valence-electron chi connectivity index (χ2n) is 15.4. The van der Waals surface area contributed by atoms with Crippen molar-refractivity contribution in [3.05, 3.63) is 73.6 Å². The maximum Gasteiger partial charge on any atom is 0.151 e. The van der Waals surface area contributed by atoms with E-state index in [-0.39, 0.29) is 12.5 Å². The topological polar surface area (TPSA) is 105 Å². The number of pyridine rings is 2. The largest absolute Gasteiger partial charge is 0.453 e. The van der Waals surface area contributed by atoms with E-state index in [4.69, 9.17) is 29.1 Å². The number of nitrogens with zero attached hydrogens (tertiary/aromatic N) is 8. The van der Waals surface area contributed by atoms with Gasteiger partial charge in [0.05, 0.1) is 60.4 Å². The van der Waals surface area contributed by atoms with Gasteiger partial charge in [0.25, 0.3) is 0 Å². The molecule has 12 heteroatoms. The summed E-state index contributed by atoms with van der Waals surface area (Å²) in [4.78, 5) is 14.3. The fourth-order valence-electron chi connectivity index (χ4n) is 9.01. The van der Waals surface area contributed by atoms with Crippen LogP contribution >= 0.6 is 0 Å². The van der Waals surface area contributed by atoms with Gasteiger partial charge in [-0.25, -0.2) is 9.36 Å². The minimum atomic E-state index is -0.0569. The summed E-state index contributed by atoms with van der Waals surface area (Å²) in [5.74, 6) is 1.64. The summed E-state index contributed by atoms with van der Waals surface area (Å²) in [6.45, 7) is 7.31. The highest BCUT2D eigenvalue weighted by Crippen LogP contribution is 2.50. The van der Waals surface area contributed by atoms with Gasteiger partial charge >= 0.3 is 0 Å². The highest BCUT2D eigenvalue weighted by molar-refractivity contribution is 5.96. The Labute approximate surface area is 307 Å². The monoisotopic (exact) mass is 710 g/mol. The smallest absolute Gasteiger partial charge is 0.151 e. The molecule has 4 saturated heterocycles. The van der Waals surface area contributed by atoms with E-state index in [0.29, 0.717) is 5.41 Å². The second kappa shape index (κ2) is 12.6. The third kappa shape index (κ3) is 5.33. The van der Waals surface area contributed by atoms with Crippen molar-refractivity contribution in [3.8, 4) is 33.8 Å². The fraction of sp³-hybridized carbons (Fsp3) is 0.415. The first kappa shape index (κ1) is 31.6. The Bertz CT molecular complexity index is 2180. The molecule has 9 heterocycles. The van der Waals surface area contributed by atoms with Gasteiger partial charge in [0.1, 0.15) is 0 Å². The minimum absolute atomic E-state index is 0.0569. The van der Waals surface area contributed by atoms with Gasteiger partial charge in [-0.2, -0.15) is 10.2 Å². The van der Waals surface area contributed by atoms with Crippen LogP contribution in [0.2, 0.25) is 0 Å². The van der Waals surface area contributed by atoms with E-state index in [0.717, 1.165) is 158 Å². The predicted molar refractivity (Wildman–Crippen MR) is 200 cm³/mol. The molecule has 0 bridgehead atoms. The minimum Gasteiger partial charge on any atom is -0.453 e. The molecule has 2 unspecified atom stereocenters. The van der Waals surface area contributed by atoms with Gasteiger partial charge in [-0.3, -0.25) is 9.97 Å². The predicted octanol–water partition coefficient (Wildman–Crippen LogP) is 7.48. The molecule has 1 spiro atoms. The van der Waals surface area contributed by atoms with E-state index < -0.39 is 0 Å². The van der Waals surface area contributed by atoms with Crippen molar-refractivity contribution in [1.82, 2.24) is 34.4 Å². The van der Waals surface area contributed by atoms with E-state index in [1.54, 1.807) is 0 Å². The van der Waals surface area contributed by atoms with Gasteiger partial charge in [0.2, 0.25) is 0 Å². The summed E-state index contributed by atoms with van der Waals surface area (Å²) in [7, 11) is 0. The zero-order chi connectivity index (χ0) is 34.9. The van der Waals surface area contributed by atoms with Gasteiger partial charge in [-0.1, -0.05) is 12.1 Å². The van der Waals surface area contributed by atoms with Crippen molar-refractivity contribution in [2.75, 3.05) is 57.5 Å². The van der Waals surface area contributed by atoms with Gasteiger partial charge in [0, 0.05) is 79.1 Å². The van der Waals surface area contributed by atoms with E-state index in [1.807, 2.05) is 46.5 Å². The molecule has 12 nitrogen and oxygen atoms in total. The first-order valence-corrected chi connectivity index (χ1v) is 19.1. The molecule has 2 atom stereocenters. The molecule has 11 rings (SSSR count). The average molecular weight is 711 g/mol. The number of benzene rings is 2. The molecule has 0 aliphatic carbocycles. The van der Waals surface area contributed by atoms with Gasteiger partial charge in [-0.15, -0.1) is 0 Å². The van der Waals surface area contributed by atoms with Crippen LogP contribution in [-0.4, -0.2) is 87.0 Å². The molecule has 0 saturated carbocycles. The number of hydrogen-bond acceptors (Lipinski definition) is 10. The molecule has 5 aliphatic heterocycles. The standard InChI is InChI=1S/C41H42N8O4/c1-3-13-51-39(5-1)48-35-21-42-17-29(31(35)19-44-48)27-7-9-33-37(15-27)53-38-16-28(8-10-34(38)47(33)12-11-46-23-41(24-46)25-50-26-41)30-18-43-22-36-32(30)20-45-49(36)40-6-2-4-14-52-40/h7-10,15-22,39-40H,1-6,11-14,23-26H2. The van der Waals surface area contributed by atoms with Crippen LogP contribution in [0.4, 0.5) is 11.4 Å². The van der Waals surface area contributed by atoms with Crippen LogP contribution in [-0.2, 0) is 14.2 Å². The number of ether oxygens (including phenoxy) is 4. The van der Waals surface area contributed by atoms with Crippen molar-refractivity contribution in [3.63, 3.8) is 0 Å². The van der Waals surface area contributed by atoms with Crippen molar-refractivity contribution in [2.24, 2.45) is 5.41 Å². The third-order valence-electron chi connectivity index (χ3n) is 11.8. The Morgan fingerprint density at radius 2 is 1.21 bits per heavy atom. The van der Waals surface area contributed by atoms with E-state index >= 15 is 0 Å². The van der Waals surface area contributed by atoms with Crippen molar-refractivity contribution < 1.29 is 18.9 Å². The highest BCUT2D eigenvalue weighted by atomic mass is 16.5. The molecule has 53 heavy (non-hydrogen) atoms. The van der Waals surface area contributed by atoms with Crippen LogP contribution in [0.3, 0.4) is 0 Å². The second-order valence-corrected chi connectivity index (χ2v) is 15.4. The lowest BCUT2D eigenvalue weighted by atomic mass is 9.78. The maximum atomic E-state index is 6.87. The van der Waals surface area contributed by atoms with Crippen molar-refractivity contribution >= 4 is 33.2 Å². The Hall–Kier alpha value is -4.88. The number of rotatable bonds is 7. The maximum absolute atomic E-state index is 6.87. The quantitative estimate of drug-likeness (QED) is 0.166. The summed E-state index contributed by atoms with van der Waals surface area (Å²) in [5, 5.41) is 11.7. The summed E-state index contributed by atoms with van der Waals surface area (Å²) < 4.78 is 28.6. The van der Waals surface area contributed by atoms with Crippen LogP contribution in [0.1, 0.15) is 51.0 Å². The molecule has 5 aliphatic rings. The summed E-state index contributed by atoms with van der Waals surface area (Å²) >= 11 is 0. The number of anilines is 2. The van der Waals surface area contributed by atoms with Crippen LogP contribution in [0.5, 0.6) is 11.5 Å². The lowest BCUT2D eigenvalue weighted by Crippen LogP contribution is -2.66. The molecule has 0 N–H and O–H groups in total. The van der Waals surface area contributed by atoms with E-state index in [2.05, 4.69) is 56.2 Å². The van der Waals surface area contributed by atoms with Crippen LogP contribution in [0.15, 0.2) is 73.6 Å². The Morgan fingerprint density at radius 3 is 1.70 bits per heavy atom. The van der Waals surface area contributed by atoms with Crippen LogP contribution < -0.4 is 9.64 Å². The third-order valence-corrected chi connectivity index (χ3v) is 11.8. The Kier molecular flexibility index (Phi) is 7.53. The summed E-state index contributed by atoms with van der Waals surface area (Å²) in [6.07, 6.45) is 17.8. The zero-order valence-electron chi connectivity index (χ0n) is 29.7. The lowest BCUT2D eigenvalue weighted by Gasteiger charge is -2.55. The fourth-order valence-corrected chi connectivity index (χ4v) is 9.01. The van der Waals surface area contributed by atoms with Crippen LogP contribution in [0, 0.1) is 5.41 Å². The summed E-state index contributed by atoms with van der Waals surface area (Å²) in [5.41, 5.74) is 8.56. The molecule has 6 aromatic rings. The van der Waals surface area contributed by atoms with Gasteiger partial charge in [-0.05, 0) is 73.9 Å². The normalized spacial score (nSPS) is 22.3. The Morgan fingerprint density at radius 1 is 0.642 bits per heavy atom. The number of likely N-dealkylation sites (tertiary alicyclic amines) is 1. The first-order chi connectivity index (χ1) is 26.2. The van der Waals surface area contributed by atoms with Gasteiger partial charge < -0.3 is 28.7 Å². The molecule has 0 amide bonds. The lowest BCUT2D eigenvalue weighted by molar-refractivity contribution is -0.187. The average Bonchev–Trinajstić information content (AvgIpc) is 3.82. The molecule has 270 valence electrons. The van der Waals surface area contributed by atoms with Crippen molar-refractivity contribution in [1.29, 1.82) is 0 Å². The van der Waals surface area contributed by atoms with E-state index in [1.165, 1.54) is 0 Å². The molecular weight excluding hydrogens is 669 g/mol. The number of aromatic nitrogens is 6. The van der Waals surface area contributed by atoms with Crippen LogP contribution in [0.25, 0.3) is 44.1 Å². The van der Waals surface area contributed by atoms with Crippen molar-refractivity contribution in [2.45, 2.75) is 51.0 Å². The molecular formula is C41H42N8O4. The number of hydrogen-bond donors (Lipinski definition) is 0. The molecule has 4 fully saturated rings. The van der Waals surface area contributed by atoms with Gasteiger partial charge in [0.15, 0.2) is 24.0 Å². The first-order valence-electron chi connectivity index (χ1n) is 19.1. The molecule has 4 aromatic heterocycles. The molecule has 2 aromatic carbocycles. The Balaban J connectivity index is 0.954.